The van der Waals surface area contributed by atoms with Crippen LogP contribution in [0.2, 0.25) is 0 Å². The van der Waals surface area contributed by atoms with Crippen molar-refractivity contribution in [3.63, 3.8) is 0 Å². The zero-order valence-electron chi connectivity index (χ0n) is 17.4. The van der Waals surface area contributed by atoms with E-state index in [0.717, 1.165) is 22.4 Å². The van der Waals surface area contributed by atoms with E-state index in [-0.39, 0.29) is 11.9 Å². The molecule has 30 heavy (non-hydrogen) atoms. The number of ether oxygens (including phenoxy) is 1. The van der Waals surface area contributed by atoms with Gasteiger partial charge in [-0.2, -0.15) is 5.26 Å². The minimum atomic E-state index is -0.168. The molecule has 0 aliphatic rings. The van der Waals surface area contributed by atoms with Crippen LogP contribution in [-0.4, -0.2) is 38.6 Å². The number of likely N-dealkylation sites (N-methyl/N-ethyl adjacent to an activating group) is 1. The number of carbonyl (C=O) groups is 1. The summed E-state index contributed by atoms with van der Waals surface area (Å²) < 4.78 is 5.23. The largest absolute Gasteiger partial charge is 0.497 e. The van der Waals surface area contributed by atoms with E-state index in [1.807, 2.05) is 74.8 Å². The molecule has 0 saturated heterocycles. The topological polar surface area (TPSA) is 65.4 Å². The average Bonchev–Trinajstić information content (AvgIpc) is 2.79. The monoisotopic (exact) mass is 399 g/mol. The summed E-state index contributed by atoms with van der Waals surface area (Å²) in [5.41, 5.74) is 3.68. The normalized spacial score (nSPS) is 11.6. The van der Waals surface area contributed by atoms with Crippen LogP contribution in [0.3, 0.4) is 0 Å². The second-order valence-corrected chi connectivity index (χ2v) is 7.17. The average molecular weight is 399 g/mol. The Morgan fingerprint density at radius 3 is 2.27 bits per heavy atom. The SMILES string of the molecule is COc1ccc(C(CNC(=O)c2ccccc2-c2ccccc2C#N)N(C)C)cc1. The van der Waals surface area contributed by atoms with Gasteiger partial charge in [0.15, 0.2) is 0 Å². The highest BCUT2D eigenvalue weighted by Gasteiger charge is 2.18. The molecule has 0 aromatic heterocycles. The van der Waals surface area contributed by atoms with Crippen molar-refractivity contribution in [1.82, 2.24) is 10.2 Å². The number of hydrogen-bond acceptors (Lipinski definition) is 4. The van der Waals surface area contributed by atoms with Crippen LogP contribution in [-0.2, 0) is 0 Å². The molecule has 0 aliphatic heterocycles. The van der Waals surface area contributed by atoms with Gasteiger partial charge in [-0.15, -0.1) is 0 Å². The van der Waals surface area contributed by atoms with Gasteiger partial charge < -0.3 is 15.0 Å². The summed E-state index contributed by atoms with van der Waals surface area (Å²) >= 11 is 0. The Labute approximate surface area is 177 Å². The van der Waals surface area contributed by atoms with Crippen molar-refractivity contribution in [3.8, 4) is 22.9 Å². The number of nitriles is 1. The Balaban J connectivity index is 1.83. The molecule has 1 amide bonds. The van der Waals surface area contributed by atoms with Gasteiger partial charge in [-0.25, -0.2) is 0 Å². The molecule has 0 aliphatic carbocycles. The Morgan fingerprint density at radius 2 is 1.63 bits per heavy atom. The highest BCUT2D eigenvalue weighted by atomic mass is 16.5. The summed E-state index contributed by atoms with van der Waals surface area (Å²) in [4.78, 5) is 15.1. The van der Waals surface area contributed by atoms with E-state index in [1.54, 1.807) is 19.2 Å². The maximum Gasteiger partial charge on any atom is 0.251 e. The first-order chi connectivity index (χ1) is 14.5. The molecule has 0 bridgehead atoms. The highest BCUT2D eigenvalue weighted by molar-refractivity contribution is 6.01. The molecule has 1 N–H and O–H groups in total. The maximum absolute atomic E-state index is 13.1. The zero-order chi connectivity index (χ0) is 21.5. The smallest absolute Gasteiger partial charge is 0.251 e. The molecule has 1 unspecified atom stereocenters. The molecular weight excluding hydrogens is 374 g/mol. The van der Waals surface area contributed by atoms with Crippen LogP contribution in [0.15, 0.2) is 72.8 Å². The first kappa shape index (κ1) is 21.1. The fourth-order valence-corrected chi connectivity index (χ4v) is 3.44. The van der Waals surface area contributed by atoms with Crippen LogP contribution in [0, 0.1) is 11.3 Å². The molecule has 0 heterocycles. The van der Waals surface area contributed by atoms with E-state index in [9.17, 15) is 10.1 Å². The van der Waals surface area contributed by atoms with Crippen molar-refractivity contribution in [2.24, 2.45) is 0 Å². The minimum Gasteiger partial charge on any atom is -0.497 e. The Kier molecular flexibility index (Phi) is 6.84. The predicted molar refractivity (Wildman–Crippen MR) is 118 cm³/mol. The van der Waals surface area contributed by atoms with Gasteiger partial charge in [0, 0.05) is 17.7 Å². The summed E-state index contributed by atoms with van der Waals surface area (Å²) in [6, 6.07) is 24.8. The van der Waals surface area contributed by atoms with Gasteiger partial charge in [-0.05, 0) is 49.5 Å². The third-order valence-corrected chi connectivity index (χ3v) is 5.09. The number of hydrogen-bond donors (Lipinski definition) is 1. The number of nitrogens with zero attached hydrogens (tertiary/aromatic N) is 2. The van der Waals surface area contributed by atoms with E-state index in [2.05, 4.69) is 16.3 Å². The second kappa shape index (κ2) is 9.73. The van der Waals surface area contributed by atoms with Crippen LogP contribution in [0.25, 0.3) is 11.1 Å². The van der Waals surface area contributed by atoms with Gasteiger partial charge >= 0.3 is 0 Å². The summed E-state index contributed by atoms with van der Waals surface area (Å²) in [7, 11) is 5.61. The number of methoxy groups -OCH3 is 1. The Hall–Kier alpha value is -3.62. The number of amides is 1. The van der Waals surface area contributed by atoms with Crippen molar-refractivity contribution >= 4 is 5.91 Å². The van der Waals surface area contributed by atoms with E-state index in [4.69, 9.17) is 4.74 Å². The summed E-state index contributed by atoms with van der Waals surface area (Å²) in [5, 5.41) is 12.5. The molecule has 5 nitrogen and oxygen atoms in total. The van der Waals surface area contributed by atoms with Crippen LogP contribution in [0.4, 0.5) is 0 Å². The van der Waals surface area contributed by atoms with Crippen LogP contribution in [0.1, 0.15) is 27.5 Å². The van der Waals surface area contributed by atoms with Crippen molar-refractivity contribution in [3.05, 3.63) is 89.5 Å². The maximum atomic E-state index is 13.1. The molecule has 0 radical (unpaired) electrons. The quantitative estimate of drug-likeness (QED) is 0.644. The zero-order valence-corrected chi connectivity index (χ0v) is 17.4. The minimum absolute atomic E-state index is 0.0124. The van der Waals surface area contributed by atoms with Gasteiger partial charge in [0.1, 0.15) is 5.75 Å². The second-order valence-electron chi connectivity index (χ2n) is 7.17. The molecule has 3 aromatic rings. The molecule has 0 fully saturated rings. The fraction of sp³-hybridized carbons (Fsp3) is 0.200. The predicted octanol–water partition coefficient (Wildman–Crippen LogP) is 4.27. The summed E-state index contributed by atoms with van der Waals surface area (Å²) in [5.74, 6) is 0.629. The molecule has 0 saturated carbocycles. The van der Waals surface area contributed by atoms with E-state index in [1.165, 1.54) is 0 Å². The summed E-state index contributed by atoms with van der Waals surface area (Å²) in [6.45, 7) is 0.451. The lowest BCUT2D eigenvalue weighted by Gasteiger charge is -2.25. The van der Waals surface area contributed by atoms with Crippen LogP contribution >= 0.6 is 0 Å². The molecule has 1 atom stereocenters. The summed E-state index contributed by atoms with van der Waals surface area (Å²) in [6.07, 6.45) is 0. The number of nitrogens with one attached hydrogen (secondary N) is 1. The fourth-order valence-electron chi connectivity index (χ4n) is 3.44. The standard InChI is InChI=1S/C25H25N3O2/c1-28(2)24(18-12-14-20(30-3)15-13-18)17-27-25(29)23-11-7-6-10-22(23)21-9-5-4-8-19(21)16-26/h4-15,24H,17H2,1-3H3,(H,27,29). The van der Waals surface area contributed by atoms with Crippen LogP contribution < -0.4 is 10.1 Å². The lowest BCUT2D eigenvalue weighted by Crippen LogP contribution is -2.34. The van der Waals surface area contributed by atoms with Crippen molar-refractivity contribution in [2.45, 2.75) is 6.04 Å². The Bertz CT molecular complexity index is 1050. The number of rotatable bonds is 7. The third-order valence-electron chi connectivity index (χ3n) is 5.09. The third kappa shape index (κ3) is 4.68. The van der Waals surface area contributed by atoms with E-state index in [0.29, 0.717) is 17.7 Å². The first-order valence-corrected chi connectivity index (χ1v) is 9.72. The highest BCUT2D eigenvalue weighted by Crippen LogP contribution is 2.27. The lowest BCUT2D eigenvalue weighted by molar-refractivity contribution is 0.0942. The van der Waals surface area contributed by atoms with Gasteiger partial charge in [0.05, 0.1) is 24.8 Å². The molecule has 0 spiro atoms. The van der Waals surface area contributed by atoms with E-state index < -0.39 is 0 Å². The number of benzene rings is 3. The molecular formula is C25H25N3O2. The van der Waals surface area contributed by atoms with Crippen molar-refractivity contribution in [1.29, 1.82) is 5.26 Å². The van der Waals surface area contributed by atoms with Gasteiger partial charge in [-0.1, -0.05) is 48.5 Å². The van der Waals surface area contributed by atoms with Gasteiger partial charge in [0.2, 0.25) is 0 Å². The molecule has 5 heteroatoms. The first-order valence-electron chi connectivity index (χ1n) is 9.72. The molecule has 3 aromatic carbocycles. The number of carbonyl (C=O) groups excluding carboxylic acids is 1. The van der Waals surface area contributed by atoms with Gasteiger partial charge in [0.25, 0.3) is 5.91 Å². The molecule has 3 rings (SSSR count). The van der Waals surface area contributed by atoms with Crippen molar-refractivity contribution in [2.75, 3.05) is 27.7 Å². The lowest BCUT2D eigenvalue weighted by atomic mass is 9.95. The Morgan fingerprint density at radius 1 is 1.00 bits per heavy atom. The van der Waals surface area contributed by atoms with Crippen LogP contribution in [0.5, 0.6) is 5.75 Å². The van der Waals surface area contributed by atoms with E-state index >= 15 is 0 Å². The van der Waals surface area contributed by atoms with Gasteiger partial charge in [-0.3, -0.25) is 4.79 Å². The van der Waals surface area contributed by atoms with Crippen molar-refractivity contribution < 1.29 is 9.53 Å². The molecule has 152 valence electrons.